The minimum atomic E-state index is 0.0806. The van der Waals surface area contributed by atoms with Crippen LogP contribution >= 0.6 is 11.3 Å². The van der Waals surface area contributed by atoms with Gasteiger partial charge in [0.25, 0.3) is 0 Å². The number of methoxy groups -OCH3 is 1. The minimum Gasteiger partial charge on any atom is -0.495 e. The summed E-state index contributed by atoms with van der Waals surface area (Å²) in [6.45, 7) is 0.0806. The molecule has 2 aromatic rings. The Kier molecular flexibility index (Phi) is 2.20. The van der Waals surface area contributed by atoms with Crippen molar-refractivity contribution in [3.8, 4) is 5.75 Å². The fraction of sp³-hybridized carbons (Fsp3) is 0.200. The number of rotatable bonds is 2. The Hall–Kier alpha value is -1.06. The summed E-state index contributed by atoms with van der Waals surface area (Å²) in [6, 6.07) is 5.80. The van der Waals surface area contributed by atoms with E-state index in [1.165, 1.54) is 0 Å². The van der Waals surface area contributed by atoms with Gasteiger partial charge in [-0.1, -0.05) is 6.07 Å². The third kappa shape index (κ3) is 1.30. The second-order valence-corrected chi connectivity index (χ2v) is 3.66. The fourth-order valence-electron chi connectivity index (χ4n) is 1.39. The van der Waals surface area contributed by atoms with Gasteiger partial charge >= 0.3 is 0 Å². The van der Waals surface area contributed by atoms with Crippen molar-refractivity contribution in [2.45, 2.75) is 6.61 Å². The van der Waals surface area contributed by atoms with E-state index in [2.05, 4.69) is 0 Å². The van der Waals surface area contributed by atoms with Gasteiger partial charge in [0.05, 0.1) is 18.4 Å². The molecule has 0 saturated heterocycles. The van der Waals surface area contributed by atoms with Gasteiger partial charge in [-0.15, -0.1) is 11.3 Å². The van der Waals surface area contributed by atoms with Crippen LogP contribution in [0.1, 0.15) is 5.56 Å². The Bertz CT molecular complexity index is 382. The van der Waals surface area contributed by atoms with E-state index in [0.29, 0.717) is 0 Å². The van der Waals surface area contributed by atoms with Crippen LogP contribution in [0.25, 0.3) is 10.1 Å². The summed E-state index contributed by atoms with van der Waals surface area (Å²) in [5.74, 6) is 0.877. The summed E-state index contributed by atoms with van der Waals surface area (Å²) in [4.78, 5) is 0. The summed E-state index contributed by atoms with van der Waals surface area (Å²) in [6.07, 6.45) is 0. The molecular weight excluding hydrogens is 184 g/mol. The first-order valence-electron chi connectivity index (χ1n) is 4.00. The van der Waals surface area contributed by atoms with Gasteiger partial charge in [-0.2, -0.15) is 0 Å². The maximum absolute atomic E-state index is 9.08. The highest BCUT2D eigenvalue weighted by atomic mass is 32.1. The molecule has 0 bridgehead atoms. The smallest absolute Gasteiger partial charge is 0.136 e. The normalized spacial score (nSPS) is 10.6. The Morgan fingerprint density at radius 2 is 2.23 bits per heavy atom. The average Bonchev–Trinajstić information content (AvgIpc) is 2.64. The molecule has 0 fully saturated rings. The number of benzene rings is 1. The molecule has 2 nitrogen and oxygen atoms in total. The van der Waals surface area contributed by atoms with Crippen molar-refractivity contribution in [2.75, 3.05) is 7.11 Å². The lowest BCUT2D eigenvalue weighted by molar-refractivity contribution is 0.283. The van der Waals surface area contributed by atoms with Crippen molar-refractivity contribution in [1.82, 2.24) is 0 Å². The molecule has 68 valence electrons. The number of ether oxygens (including phenoxy) is 1. The highest BCUT2D eigenvalue weighted by Gasteiger charge is 2.06. The maximum Gasteiger partial charge on any atom is 0.136 e. The molecule has 13 heavy (non-hydrogen) atoms. The Morgan fingerprint density at radius 1 is 1.38 bits per heavy atom. The molecule has 1 aromatic carbocycles. The van der Waals surface area contributed by atoms with E-state index in [-0.39, 0.29) is 6.61 Å². The molecule has 1 N–H and O–H groups in total. The van der Waals surface area contributed by atoms with Crippen molar-refractivity contribution in [3.63, 3.8) is 0 Å². The van der Waals surface area contributed by atoms with Gasteiger partial charge in [-0.3, -0.25) is 0 Å². The molecule has 0 radical (unpaired) electrons. The lowest BCUT2D eigenvalue weighted by atomic mass is 10.1. The molecule has 0 saturated carbocycles. The van der Waals surface area contributed by atoms with Gasteiger partial charge < -0.3 is 9.84 Å². The average molecular weight is 194 g/mol. The molecule has 0 aliphatic heterocycles. The zero-order valence-corrected chi connectivity index (χ0v) is 8.10. The van der Waals surface area contributed by atoms with Crippen LogP contribution in [0.2, 0.25) is 0 Å². The predicted octanol–water partition coefficient (Wildman–Crippen LogP) is 2.40. The second kappa shape index (κ2) is 3.36. The Balaban J connectivity index is 2.74. The number of fused-ring (bicyclic) bond motifs is 1. The second-order valence-electron chi connectivity index (χ2n) is 2.75. The number of hydrogen-bond acceptors (Lipinski definition) is 3. The van der Waals surface area contributed by atoms with Gasteiger partial charge in [-0.05, 0) is 23.1 Å². The van der Waals surface area contributed by atoms with Gasteiger partial charge in [0, 0.05) is 5.39 Å². The van der Waals surface area contributed by atoms with Crippen molar-refractivity contribution in [2.24, 2.45) is 0 Å². The quantitative estimate of drug-likeness (QED) is 0.795. The van der Waals surface area contributed by atoms with Gasteiger partial charge in [0.2, 0.25) is 0 Å². The molecule has 0 spiro atoms. The largest absolute Gasteiger partial charge is 0.495 e. The fourth-order valence-corrected chi connectivity index (χ4v) is 2.33. The van der Waals surface area contributed by atoms with Crippen LogP contribution in [0.3, 0.4) is 0 Å². The van der Waals surface area contributed by atoms with E-state index in [0.717, 1.165) is 21.4 Å². The molecule has 2 rings (SSSR count). The van der Waals surface area contributed by atoms with E-state index < -0.39 is 0 Å². The zero-order valence-electron chi connectivity index (χ0n) is 7.28. The first-order valence-corrected chi connectivity index (χ1v) is 4.88. The van der Waals surface area contributed by atoms with Crippen LogP contribution < -0.4 is 4.74 Å². The van der Waals surface area contributed by atoms with Gasteiger partial charge in [-0.25, -0.2) is 0 Å². The summed E-state index contributed by atoms with van der Waals surface area (Å²) in [5.41, 5.74) is 0.956. The first-order chi connectivity index (χ1) is 6.36. The minimum absolute atomic E-state index is 0.0806. The Morgan fingerprint density at radius 3 is 2.92 bits per heavy atom. The van der Waals surface area contributed by atoms with E-state index in [1.807, 2.05) is 23.6 Å². The van der Waals surface area contributed by atoms with Crippen molar-refractivity contribution >= 4 is 21.4 Å². The molecule has 0 unspecified atom stereocenters. The first kappa shape index (κ1) is 8.53. The molecular formula is C10H10O2S. The van der Waals surface area contributed by atoms with Gasteiger partial charge in [0.15, 0.2) is 0 Å². The van der Waals surface area contributed by atoms with Crippen LogP contribution in [-0.2, 0) is 6.61 Å². The lowest BCUT2D eigenvalue weighted by Crippen LogP contribution is -1.87. The van der Waals surface area contributed by atoms with Crippen LogP contribution in [-0.4, -0.2) is 12.2 Å². The number of aliphatic hydroxyl groups excluding tert-OH is 1. The monoisotopic (exact) mass is 194 g/mol. The van der Waals surface area contributed by atoms with E-state index in [9.17, 15) is 0 Å². The summed E-state index contributed by atoms with van der Waals surface area (Å²) in [5, 5.41) is 12.2. The topological polar surface area (TPSA) is 29.5 Å². The molecule has 0 atom stereocenters. The lowest BCUT2D eigenvalue weighted by Gasteiger charge is -2.03. The van der Waals surface area contributed by atoms with E-state index in [4.69, 9.17) is 9.84 Å². The SMILES string of the molecule is COc1ccc(CO)c2ccsc12. The van der Waals surface area contributed by atoms with Crippen LogP contribution in [0.4, 0.5) is 0 Å². The molecule has 0 aliphatic carbocycles. The highest BCUT2D eigenvalue weighted by molar-refractivity contribution is 7.17. The Labute approximate surface area is 80.4 Å². The molecule has 0 aliphatic rings. The van der Waals surface area contributed by atoms with Gasteiger partial charge in [0.1, 0.15) is 5.75 Å². The number of hydrogen-bond donors (Lipinski definition) is 1. The summed E-state index contributed by atoms with van der Waals surface area (Å²) < 4.78 is 6.32. The summed E-state index contributed by atoms with van der Waals surface area (Å²) >= 11 is 1.63. The zero-order chi connectivity index (χ0) is 9.26. The van der Waals surface area contributed by atoms with Crippen molar-refractivity contribution < 1.29 is 9.84 Å². The van der Waals surface area contributed by atoms with Crippen molar-refractivity contribution in [3.05, 3.63) is 29.1 Å². The van der Waals surface area contributed by atoms with E-state index in [1.54, 1.807) is 18.4 Å². The third-order valence-electron chi connectivity index (χ3n) is 2.06. The molecule has 1 heterocycles. The van der Waals surface area contributed by atoms with Crippen molar-refractivity contribution in [1.29, 1.82) is 0 Å². The standard InChI is InChI=1S/C10H10O2S/c1-12-9-3-2-7(6-11)8-4-5-13-10(8)9/h2-5,11H,6H2,1H3. The molecule has 3 heteroatoms. The van der Waals surface area contributed by atoms with E-state index >= 15 is 0 Å². The predicted molar refractivity (Wildman–Crippen MR) is 54.3 cm³/mol. The number of thiophene rings is 1. The molecule has 1 aromatic heterocycles. The summed E-state index contributed by atoms with van der Waals surface area (Å²) in [7, 11) is 1.66. The van der Waals surface area contributed by atoms with Crippen LogP contribution in [0.15, 0.2) is 23.6 Å². The maximum atomic E-state index is 9.08. The third-order valence-corrected chi connectivity index (χ3v) is 2.99. The number of aliphatic hydroxyl groups is 1. The highest BCUT2D eigenvalue weighted by Crippen LogP contribution is 2.32. The molecule has 0 amide bonds. The van der Waals surface area contributed by atoms with Crippen LogP contribution in [0.5, 0.6) is 5.75 Å². The van der Waals surface area contributed by atoms with Crippen LogP contribution in [0, 0.1) is 0 Å².